The lowest BCUT2D eigenvalue weighted by atomic mass is 9.81. The number of fused-ring (bicyclic) bond motifs is 11. The number of hydrogen-bond donors (Lipinski definition) is 3. The molecule has 32 heteroatoms. The number of ether oxygens (including phenoxy) is 6. The highest BCUT2D eigenvalue weighted by Crippen LogP contribution is 2.51. The molecule has 6 aliphatic heterocycles. The number of primary sulfonamides is 1. The third-order valence-electron chi connectivity index (χ3n) is 24.9. The number of carboxylic acids is 1. The number of aliphatic imine (C=N–C) groups is 1. The topological polar surface area (TPSA) is 364 Å². The summed E-state index contributed by atoms with van der Waals surface area (Å²) in [6, 6.07) is 23.2. The van der Waals surface area contributed by atoms with E-state index in [4.69, 9.17) is 38.6 Å². The Balaban J connectivity index is 0.000000154. The summed E-state index contributed by atoms with van der Waals surface area (Å²) in [5.41, 5.74) is 14.9. The van der Waals surface area contributed by atoms with Crippen molar-refractivity contribution in [3.8, 4) is 34.0 Å². The summed E-state index contributed by atoms with van der Waals surface area (Å²) in [6.07, 6.45) is 37.8. The molecule has 4 aromatic carbocycles. The molecular weight excluding hydrogens is 1650 g/mol. The molecule has 0 radical (unpaired) electrons. The third-order valence-corrected chi connectivity index (χ3v) is 27.9. The third kappa shape index (κ3) is 20.4. The molecule has 18 rings (SSSR count). The van der Waals surface area contributed by atoms with Gasteiger partial charge in [0, 0.05) is 116 Å². The molecule has 2 saturated carbocycles. The van der Waals surface area contributed by atoms with E-state index in [2.05, 4.69) is 69.2 Å². The average Bonchev–Trinajstić information content (AvgIpc) is 1.56. The predicted molar refractivity (Wildman–Crippen MR) is 484 cm³/mol. The summed E-state index contributed by atoms with van der Waals surface area (Å²) >= 11 is 0. The van der Waals surface area contributed by atoms with Crippen LogP contribution in [0.4, 0.5) is 4.79 Å². The number of esters is 2. The molecular formula is C94H116N14O16S2. The molecule has 5 fully saturated rings. The highest BCUT2D eigenvalue weighted by atomic mass is 32.2. The fourth-order valence-corrected chi connectivity index (χ4v) is 18.9. The lowest BCUT2D eigenvalue weighted by molar-refractivity contribution is 0.0514. The Morgan fingerprint density at radius 2 is 1.01 bits per heavy atom. The number of hydrogen-bond acceptors (Lipinski definition) is 21. The van der Waals surface area contributed by atoms with Gasteiger partial charge in [-0.15, -0.1) is 0 Å². The number of amidine groups is 1. The number of imidazole rings is 2. The monoisotopic (exact) mass is 1760 g/mol. The first-order chi connectivity index (χ1) is 60.9. The Hall–Kier alpha value is -11.3. The molecule has 30 nitrogen and oxygen atoms in total. The number of nitrogens with one attached hydrogen (secondary N) is 1. The molecule has 0 spiro atoms. The molecule has 2 aliphatic carbocycles. The van der Waals surface area contributed by atoms with Crippen molar-refractivity contribution in [3.63, 3.8) is 0 Å². The zero-order chi connectivity index (χ0) is 88.9. The van der Waals surface area contributed by atoms with Gasteiger partial charge < -0.3 is 47.6 Å². The van der Waals surface area contributed by atoms with Gasteiger partial charge in [0.05, 0.1) is 110 Å². The Bertz CT molecular complexity index is 5870. The van der Waals surface area contributed by atoms with Gasteiger partial charge in [-0.1, -0.05) is 57.1 Å². The van der Waals surface area contributed by atoms with Crippen LogP contribution in [0, 0.1) is 0 Å². The van der Waals surface area contributed by atoms with E-state index >= 15 is 0 Å². The highest BCUT2D eigenvalue weighted by molar-refractivity contribution is 7.90. The number of carbonyl (C=O) groups is 5. The number of benzene rings is 4. The maximum absolute atomic E-state index is 13.5. The number of methoxy groups -OCH3 is 2. The van der Waals surface area contributed by atoms with E-state index in [1.807, 2.05) is 51.8 Å². The van der Waals surface area contributed by atoms with E-state index in [-0.39, 0.29) is 42.5 Å². The lowest BCUT2D eigenvalue weighted by Gasteiger charge is -2.27. The summed E-state index contributed by atoms with van der Waals surface area (Å²) in [7, 11) is -3.76. The molecule has 0 bridgehead atoms. The Morgan fingerprint density at radius 1 is 0.556 bits per heavy atom. The van der Waals surface area contributed by atoms with Gasteiger partial charge in [-0.05, 0) is 230 Å². The van der Waals surface area contributed by atoms with Crippen LogP contribution in [-0.4, -0.2) is 194 Å². The number of carboxylic acid groups (broad SMARTS) is 1. The first kappa shape index (κ1) is 90.9. The molecule has 0 atom stereocenters. The van der Waals surface area contributed by atoms with Crippen molar-refractivity contribution in [2.45, 2.75) is 211 Å². The van der Waals surface area contributed by atoms with Crippen LogP contribution in [0.1, 0.15) is 263 Å². The Labute approximate surface area is 735 Å². The van der Waals surface area contributed by atoms with Crippen LogP contribution in [0.3, 0.4) is 0 Å². The number of carbonyl (C=O) groups excluding carboxylic acids is 4. The van der Waals surface area contributed by atoms with Crippen LogP contribution < -0.4 is 19.3 Å². The van der Waals surface area contributed by atoms with Gasteiger partial charge in [0.2, 0.25) is 20.0 Å². The van der Waals surface area contributed by atoms with E-state index in [1.54, 1.807) is 77.4 Å². The predicted octanol–water partition coefficient (Wildman–Crippen LogP) is 16.4. The zero-order valence-corrected chi connectivity index (χ0v) is 74.8. The number of amides is 1. The van der Waals surface area contributed by atoms with Crippen LogP contribution in [0.15, 0.2) is 128 Å². The number of aromatic nitrogens is 10. The number of allylic oxidation sites excluding steroid dienone is 2. The summed E-state index contributed by atoms with van der Waals surface area (Å²) in [4.78, 5) is 78.6. The summed E-state index contributed by atoms with van der Waals surface area (Å²) < 4.78 is 93.0. The normalized spacial score (nSPS) is 17.0. The van der Waals surface area contributed by atoms with Crippen molar-refractivity contribution in [2.24, 2.45) is 10.1 Å². The second-order valence-electron chi connectivity index (χ2n) is 33.5. The fraction of sp³-hybridized carbons (Fsp3) is 0.468. The van der Waals surface area contributed by atoms with Gasteiger partial charge in [0.25, 0.3) is 5.91 Å². The van der Waals surface area contributed by atoms with Gasteiger partial charge in [0.1, 0.15) is 35.3 Å². The second kappa shape index (κ2) is 41.0. The molecule has 0 unspecified atom stereocenters. The minimum atomic E-state index is -3.84. The minimum Gasteiger partial charge on any atom is -0.497 e. The smallest absolute Gasteiger partial charge is 0.341 e. The lowest BCUT2D eigenvalue weighted by Crippen LogP contribution is -2.35. The van der Waals surface area contributed by atoms with Crippen molar-refractivity contribution >= 4 is 101 Å². The zero-order valence-electron chi connectivity index (χ0n) is 73.2. The van der Waals surface area contributed by atoms with E-state index in [9.17, 15) is 45.9 Å². The van der Waals surface area contributed by atoms with E-state index in [0.29, 0.717) is 73.9 Å². The van der Waals surface area contributed by atoms with Crippen LogP contribution >= 0.6 is 0 Å². The van der Waals surface area contributed by atoms with Crippen molar-refractivity contribution in [1.29, 1.82) is 0 Å². The second-order valence-corrected chi connectivity index (χ2v) is 37.9. The van der Waals surface area contributed by atoms with Gasteiger partial charge in [-0.25, -0.2) is 55.8 Å². The number of sulfonamides is 2. The van der Waals surface area contributed by atoms with Crippen LogP contribution in [0.5, 0.6) is 11.5 Å². The van der Waals surface area contributed by atoms with E-state index < -0.39 is 54.4 Å². The van der Waals surface area contributed by atoms with Crippen molar-refractivity contribution in [1.82, 2.24) is 57.4 Å². The number of nitrogens with zero attached hydrogens (tertiary/aromatic N) is 12. The molecule has 10 aromatic rings. The van der Waals surface area contributed by atoms with E-state index in [1.165, 1.54) is 137 Å². The average molecular weight is 1760 g/mol. The maximum Gasteiger partial charge on any atom is 0.341 e. The minimum absolute atomic E-state index is 0.0303. The molecule has 126 heavy (non-hydrogen) atoms. The van der Waals surface area contributed by atoms with Gasteiger partial charge in [0.15, 0.2) is 0 Å². The van der Waals surface area contributed by atoms with E-state index in [0.717, 1.165) is 149 Å². The van der Waals surface area contributed by atoms with Gasteiger partial charge >= 0.3 is 23.9 Å². The maximum atomic E-state index is 13.5. The summed E-state index contributed by atoms with van der Waals surface area (Å²) in [6.45, 7) is 17.1. The number of rotatable bonds is 17. The number of nitrogens with two attached hydrogens (primary N) is 1. The highest BCUT2D eigenvalue weighted by Gasteiger charge is 2.37. The van der Waals surface area contributed by atoms with Crippen molar-refractivity contribution in [3.05, 3.63) is 179 Å². The number of aromatic carboxylic acids is 1. The first-order valence-corrected chi connectivity index (χ1v) is 47.4. The summed E-state index contributed by atoms with van der Waals surface area (Å²) in [5.74, 6) is 1.05. The molecule has 12 heterocycles. The Kier molecular flexibility index (Phi) is 29.6. The van der Waals surface area contributed by atoms with Gasteiger partial charge in [-0.2, -0.15) is 10.2 Å². The largest absolute Gasteiger partial charge is 0.497 e. The van der Waals surface area contributed by atoms with Crippen molar-refractivity contribution < 1.29 is 74.3 Å². The summed E-state index contributed by atoms with van der Waals surface area (Å²) in [5, 5.41) is 25.1. The van der Waals surface area contributed by atoms with Crippen molar-refractivity contribution in [2.75, 3.05) is 73.5 Å². The van der Waals surface area contributed by atoms with Gasteiger partial charge in [-0.3, -0.25) is 28.3 Å². The first-order valence-electron chi connectivity index (χ1n) is 44.2. The van der Waals surface area contributed by atoms with Crippen LogP contribution in [-0.2, 0) is 52.1 Å². The molecule has 1 amide bonds. The fourth-order valence-electron chi connectivity index (χ4n) is 18.3. The molecule has 8 aliphatic rings. The Morgan fingerprint density at radius 3 is 1.44 bits per heavy atom. The molecule has 6 aromatic heterocycles. The molecule has 4 N–H and O–H groups in total. The van der Waals surface area contributed by atoms with Crippen LogP contribution in [0.2, 0.25) is 0 Å². The van der Waals surface area contributed by atoms with Crippen LogP contribution in [0.25, 0.3) is 67.6 Å². The SMILES string of the molecule is C1CCC2=NCCCN2CC1.CC(C)S(N)(=O)=O.CCOC(=O)c1cnn(C2CCOCC2)c1C1=Cc2cc(OC)ccc2-c2c(C3CCCCC3)c3ccc(C(=O)NS(=O)(=O)C(C)C)cc3n2C1.CCOC(=O)c1cnn(C2CCOCC2)c1C1=Cc2cc(OC)ccc2-c2c(C3CCCCC3)c3ccc(C(=O)O)cc3n2C1.O=C(n1ccnc1)n1ccnc1. The standard InChI is InChI=1S/C39H46N4O7S.C36H39N3O6.C9H16N2.C7H6N4O.C3H9NO2S/c1-5-50-39(45)33-22-40-43(29-15-17-49-18-16-29)36(33)28-19-27-20-30(48-4)12-14-31(27)37-35(25-9-7-6-8-10-25)32-13-11-26(21-34(32)42(37)23-28)38(44)41-51(46,47)24(2)3;1-3-45-36(42)30-20-37-39(26-13-15-44-16-14-26)33(30)25-17-24-18-27(43-2)10-12-28(24)34-32(22-7-5-4-6-8-22)29-11-9-23(35(40)41)19-31(29)38(34)21-25;1-2-5-9-10-6-4-8-11(9)7-3-1;12-7(10-3-1-8-5-10)11-4-2-9-6-11;1-3(2)7(4,5)6/h11-14,19-22,24-25,29H,5-10,15-18,23H2,1-4H3,(H,41,44);9-12,17-20,22,26H,3-8,13-16,21H2,1-2H3,(H,40,41);1-8H2;1-6H;3H,1-2H3,(H2,4,5,6). The quantitative estimate of drug-likeness (QED) is 0.0713. The molecule has 670 valence electrons. The molecule has 3 saturated heterocycles.